The summed E-state index contributed by atoms with van der Waals surface area (Å²) < 4.78 is 5.59. The van der Waals surface area contributed by atoms with Gasteiger partial charge in [-0.05, 0) is 94.0 Å². The van der Waals surface area contributed by atoms with E-state index in [4.69, 9.17) is 4.74 Å². The molecule has 0 bridgehead atoms. The van der Waals surface area contributed by atoms with Gasteiger partial charge in [-0.25, -0.2) is 0 Å². The monoisotopic (exact) mass is 520 g/mol. The van der Waals surface area contributed by atoms with Gasteiger partial charge in [-0.15, -0.1) is 0 Å². The summed E-state index contributed by atoms with van der Waals surface area (Å²) in [5.41, 5.74) is 3.91. The number of hydrogen-bond acceptors (Lipinski definition) is 3. The molecule has 0 aromatic heterocycles. The number of alkyl halides is 1. The van der Waals surface area contributed by atoms with Crippen LogP contribution in [0.1, 0.15) is 98.3 Å². The number of ether oxygens (including phenoxy) is 1. The zero-order valence-corrected chi connectivity index (χ0v) is 22.9. The number of fused-ring (bicyclic) bond motifs is 1. The van der Waals surface area contributed by atoms with Crippen molar-refractivity contribution in [1.82, 2.24) is 0 Å². The predicted octanol–water partition coefficient (Wildman–Crippen LogP) is 7.68. The molecule has 0 radical (unpaired) electrons. The largest absolute Gasteiger partial charge is 0.461 e. The van der Waals surface area contributed by atoms with E-state index in [1.807, 2.05) is 13.8 Å². The SMILES string of the molecule is C=C1CC[C@H](OC(=O)CBr)C/C1=C/C=C1\CCC[C@@]2(C)C1CCC2[C@H](C)CCCC(C)(C)O. The van der Waals surface area contributed by atoms with E-state index in [9.17, 15) is 9.90 Å². The molecule has 3 fully saturated rings. The van der Waals surface area contributed by atoms with Crippen LogP contribution in [-0.2, 0) is 9.53 Å². The number of aliphatic hydroxyl groups is 1. The molecule has 186 valence electrons. The van der Waals surface area contributed by atoms with Crippen LogP contribution < -0.4 is 0 Å². The van der Waals surface area contributed by atoms with Crippen LogP contribution in [0.3, 0.4) is 0 Å². The maximum absolute atomic E-state index is 11.7. The number of halogens is 1. The highest BCUT2D eigenvalue weighted by Gasteiger charge is 2.50. The summed E-state index contributed by atoms with van der Waals surface area (Å²) in [6.45, 7) is 13.1. The molecule has 0 spiro atoms. The lowest BCUT2D eigenvalue weighted by Gasteiger charge is -2.44. The molecule has 3 saturated carbocycles. The lowest BCUT2D eigenvalue weighted by molar-refractivity contribution is -0.146. The number of carbonyl (C=O) groups excluding carboxylic acids is 1. The van der Waals surface area contributed by atoms with Gasteiger partial charge >= 0.3 is 5.97 Å². The van der Waals surface area contributed by atoms with E-state index in [0.717, 1.165) is 38.0 Å². The topological polar surface area (TPSA) is 46.5 Å². The Bertz CT molecular complexity index is 774. The van der Waals surface area contributed by atoms with Crippen molar-refractivity contribution in [2.75, 3.05) is 5.33 Å². The van der Waals surface area contributed by atoms with Crippen LogP contribution in [0, 0.1) is 23.2 Å². The van der Waals surface area contributed by atoms with Crippen molar-refractivity contribution in [1.29, 1.82) is 0 Å². The van der Waals surface area contributed by atoms with Crippen LogP contribution >= 0.6 is 15.9 Å². The Balaban J connectivity index is 1.67. The van der Waals surface area contributed by atoms with Gasteiger partial charge in [0, 0.05) is 6.42 Å². The van der Waals surface area contributed by atoms with E-state index in [1.54, 1.807) is 5.57 Å². The Morgan fingerprint density at radius 1 is 1.30 bits per heavy atom. The van der Waals surface area contributed by atoms with Crippen molar-refractivity contribution < 1.29 is 14.6 Å². The van der Waals surface area contributed by atoms with Gasteiger partial charge in [-0.2, -0.15) is 0 Å². The molecule has 0 aromatic carbocycles. The van der Waals surface area contributed by atoms with Crippen molar-refractivity contribution in [3.8, 4) is 0 Å². The van der Waals surface area contributed by atoms with Gasteiger partial charge in [0.05, 0.1) is 5.60 Å². The van der Waals surface area contributed by atoms with Crippen molar-refractivity contribution >= 4 is 21.9 Å². The van der Waals surface area contributed by atoms with E-state index in [2.05, 4.69) is 48.5 Å². The zero-order valence-electron chi connectivity index (χ0n) is 21.3. The van der Waals surface area contributed by atoms with E-state index < -0.39 is 5.60 Å². The summed E-state index contributed by atoms with van der Waals surface area (Å²) in [5, 5.41) is 10.3. The highest BCUT2D eigenvalue weighted by atomic mass is 79.9. The molecule has 4 heteroatoms. The molecule has 1 N–H and O–H groups in total. The second-order valence-corrected chi connectivity index (χ2v) is 12.4. The van der Waals surface area contributed by atoms with Gasteiger partial charge in [0.2, 0.25) is 0 Å². The minimum absolute atomic E-state index is 0.0255. The van der Waals surface area contributed by atoms with Crippen molar-refractivity contribution in [2.24, 2.45) is 23.2 Å². The molecule has 0 aliphatic heterocycles. The minimum Gasteiger partial charge on any atom is -0.461 e. The maximum Gasteiger partial charge on any atom is 0.316 e. The Morgan fingerprint density at radius 3 is 2.76 bits per heavy atom. The van der Waals surface area contributed by atoms with Gasteiger partial charge < -0.3 is 9.84 Å². The van der Waals surface area contributed by atoms with Crippen molar-refractivity contribution in [2.45, 2.75) is 110 Å². The average Bonchev–Trinajstić information content (AvgIpc) is 3.10. The summed E-state index contributed by atoms with van der Waals surface area (Å²) in [4.78, 5) is 11.7. The number of hydrogen-bond donors (Lipinski definition) is 1. The van der Waals surface area contributed by atoms with Crippen LogP contribution in [0.25, 0.3) is 0 Å². The van der Waals surface area contributed by atoms with Crippen LogP contribution in [-0.4, -0.2) is 28.1 Å². The van der Waals surface area contributed by atoms with E-state index in [1.165, 1.54) is 49.7 Å². The summed E-state index contributed by atoms with van der Waals surface area (Å²) in [6.07, 6.45) is 16.9. The molecule has 0 aromatic rings. The number of rotatable bonds is 8. The summed E-state index contributed by atoms with van der Waals surface area (Å²) >= 11 is 3.19. The van der Waals surface area contributed by atoms with E-state index in [-0.39, 0.29) is 17.4 Å². The third-order valence-corrected chi connectivity index (χ3v) is 9.21. The summed E-state index contributed by atoms with van der Waals surface area (Å²) in [6, 6.07) is 0. The zero-order chi connectivity index (χ0) is 24.2. The Morgan fingerprint density at radius 2 is 2.06 bits per heavy atom. The fourth-order valence-corrected chi connectivity index (χ4v) is 7.10. The molecule has 33 heavy (non-hydrogen) atoms. The Hall–Kier alpha value is -0.870. The maximum atomic E-state index is 11.7. The molecular formula is C29H45BrO3. The molecule has 3 aliphatic carbocycles. The van der Waals surface area contributed by atoms with Gasteiger partial charge in [0.1, 0.15) is 11.4 Å². The van der Waals surface area contributed by atoms with E-state index >= 15 is 0 Å². The fraction of sp³-hybridized carbons (Fsp3) is 0.759. The molecule has 0 saturated heterocycles. The lowest BCUT2D eigenvalue weighted by atomic mass is 9.60. The van der Waals surface area contributed by atoms with Gasteiger partial charge in [-0.1, -0.05) is 72.5 Å². The molecular weight excluding hydrogens is 476 g/mol. The first-order valence-corrected chi connectivity index (χ1v) is 14.2. The molecule has 0 amide bonds. The first-order valence-electron chi connectivity index (χ1n) is 13.1. The number of allylic oxidation sites excluding steroid dienone is 4. The van der Waals surface area contributed by atoms with Gasteiger partial charge in [0.15, 0.2) is 0 Å². The van der Waals surface area contributed by atoms with E-state index in [0.29, 0.717) is 17.3 Å². The normalized spacial score (nSPS) is 33.9. The Labute approximate surface area is 210 Å². The Kier molecular flexibility index (Phi) is 9.11. The standard InChI is InChI=1S/C29H45BrO3/c1-20-10-13-24(33-27(31)19-30)18-23(20)12-11-22-9-7-17-29(5)25(14-15-26(22)29)21(2)8-6-16-28(3,4)32/h11-12,21,24-26,32H,1,6-10,13-19H2,2-5H3/b22-11+,23-12-/t21-,24+,25?,26?,29-/m1/s1. The molecule has 3 nitrogen and oxygen atoms in total. The highest BCUT2D eigenvalue weighted by Crippen LogP contribution is 2.60. The number of carbonyl (C=O) groups is 1. The number of esters is 1. The third kappa shape index (κ3) is 6.84. The van der Waals surface area contributed by atoms with Gasteiger partial charge in [-0.3, -0.25) is 4.79 Å². The minimum atomic E-state index is -0.551. The summed E-state index contributed by atoms with van der Waals surface area (Å²) in [5.74, 6) is 1.99. The van der Waals surface area contributed by atoms with Crippen molar-refractivity contribution in [3.05, 3.63) is 35.5 Å². The smallest absolute Gasteiger partial charge is 0.316 e. The van der Waals surface area contributed by atoms with Crippen molar-refractivity contribution in [3.63, 3.8) is 0 Å². The first-order chi connectivity index (χ1) is 15.5. The highest BCUT2D eigenvalue weighted by molar-refractivity contribution is 9.09. The average molecular weight is 522 g/mol. The fourth-order valence-electron chi connectivity index (χ4n) is 6.97. The third-order valence-electron chi connectivity index (χ3n) is 8.75. The van der Waals surface area contributed by atoms with Crippen LogP contribution in [0.2, 0.25) is 0 Å². The molecule has 2 unspecified atom stereocenters. The molecule has 5 atom stereocenters. The van der Waals surface area contributed by atoms with Crippen LogP contribution in [0.4, 0.5) is 0 Å². The quantitative estimate of drug-likeness (QED) is 0.263. The molecule has 3 rings (SSSR count). The second-order valence-electron chi connectivity index (χ2n) is 11.8. The second kappa shape index (κ2) is 11.2. The molecule has 3 aliphatic rings. The predicted molar refractivity (Wildman–Crippen MR) is 140 cm³/mol. The van der Waals surface area contributed by atoms with Crippen LogP contribution in [0.15, 0.2) is 35.5 Å². The summed E-state index contributed by atoms with van der Waals surface area (Å²) in [7, 11) is 0. The first kappa shape index (κ1) is 26.7. The lowest BCUT2D eigenvalue weighted by Crippen LogP contribution is -2.36. The van der Waals surface area contributed by atoms with Gasteiger partial charge in [0.25, 0.3) is 0 Å². The molecule has 0 heterocycles. The van der Waals surface area contributed by atoms with Crippen LogP contribution in [0.5, 0.6) is 0 Å².